The lowest BCUT2D eigenvalue weighted by atomic mass is 10.3. The highest BCUT2D eigenvalue weighted by molar-refractivity contribution is 5.87. The standard InChI is InChI=1S/C5H9NO.ClH/c6-4-2-1-3-5(4)7;/h5-7H,1-3H2;1H. The van der Waals surface area contributed by atoms with Crippen molar-refractivity contribution >= 4 is 18.1 Å². The van der Waals surface area contributed by atoms with E-state index in [-0.39, 0.29) is 12.4 Å². The molecule has 0 aromatic rings. The van der Waals surface area contributed by atoms with Gasteiger partial charge in [0.15, 0.2) is 0 Å². The molecule has 3 heteroatoms. The lowest BCUT2D eigenvalue weighted by Crippen LogP contribution is -2.09. The van der Waals surface area contributed by atoms with Crippen molar-refractivity contribution in [1.29, 1.82) is 5.41 Å². The van der Waals surface area contributed by atoms with Gasteiger partial charge in [-0.1, -0.05) is 0 Å². The highest BCUT2D eigenvalue weighted by Crippen LogP contribution is 2.13. The molecule has 1 atom stereocenters. The summed E-state index contributed by atoms with van der Waals surface area (Å²) >= 11 is 0. The molecule has 0 aliphatic heterocycles. The highest BCUT2D eigenvalue weighted by Gasteiger charge is 2.16. The predicted octanol–water partition coefficient (Wildman–Crippen LogP) is 0.973. The summed E-state index contributed by atoms with van der Waals surface area (Å²) in [5.41, 5.74) is 0.514. The van der Waals surface area contributed by atoms with Crippen LogP contribution in [0.5, 0.6) is 0 Å². The minimum atomic E-state index is -0.403. The van der Waals surface area contributed by atoms with Crippen LogP contribution in [-0.2, 0) is 0 Å². The van der Waals surface area contributed by atoms with Crippen LogP contribution in [0.1, 0.15) is 19.3 Å². The molecule has 0 bridgehead atoms. The van der Waals surface area contributed by atoms with Crippen molar-refractivity contribution in [3.05, 3.63) is 0 Å². The molecule has 1 aliphatic rings. The number of nitrogens with one attached hydrogen (secondary N) is 1. The Balaban J connectivity index is 0.000000490. The zero-order valence-corrected chi connectivity index (χ0v) is 5.37. The molecule has 1 saturated carbocycles. The van der Waals surface area contributed by atoms with Gasteiger partial charge in [-0.05, 0) is 19.3 Å². The van der Waals surface area contributed by atoms with Crippen LogP contribution >= 0.6 is 12.4 Å². The molecule has 1 fully saturated rings. The molecule has 2 nitrogen and oxygen atoms in total. The van der Waals surface area contributed by atoms with E-state index in [1.54, 1.807) is 0 Å². The van der Waals surface area contributed by atoms with Crippen LogP contribution in [0.4, 0.5) is 0 Å². The van der Waals surface area contributed by atoms with E-state index >= 15 is 0 Å². The summed E-state index contributed by atoms with van der Waals surface area (Å²) in [5, 5.41) is 15.8. The third-order valence-corrected chi connectivity index (χ3v) is 1.33. The smallest absolute Gasteiger partial charge is 0.0914 e. The Bertz CT molecular complexity index is 94.4. The van der Waals surface area contributed by atoms with Gasteiger partial charge in [0.1, 0.15) is 0 Å². The monoisotopic (exact) mass is 135 g/mol. The Labute approximate surface area is 54.8 Å². The van der Waals surface area contributed by atoms with Crippen molar-refractivity contribution < 1.29 is 5.11 Å². The molecule has 0 amide bonds. The Hall–Kier alpha value is -0.0800. The summed E-state index contributed by atoms with van der Waals surface area (Å²) in [5.74, 6) is 0. The Kier molecular flexibility index (Phi) is 3.02. The maximum atomic E-state index is 8.77. The molecule has 0 saturated heterocycles. The molecule has 1 unspecified atom stereocenters. The Morgan fingerprint density at radius 1 is 1.62 bits per heavy atom. The number of hydrogen-bond acceptors (Lipinski definition) is 2. The van der Waals surface area contributed by atoms with E-state index in [9.17, 15) is 0 Å². The fraction of sp³-hybridized carbons (Fsp3) is 0.800. The van der Waals surface area contributed by atoms with E-state index in [1.807, 2.05) is 0 Å². The molecule has 0 aromatic carbocycles. The quantitative estimate of drug-likeness (QED) is 0.511. The van der Waals surface area contributed by atoms with Gasteiger partial charge in [-0.2, -0.15) is 0 Å². The van der Waals surface area contributed by atoms with Gasteiger partial charge in [0, 0.05) is 5.71 Å². The normalized spacial score (nSPS) is 27.6. The van der Waals surface area contributed by atoms with Crippen molar-refractivity contribution in [2.75, 3.05) is 0 Å². The third-order valence-electron chi connectivity index (χ3n) is 1.33. The van der Waals surface area contributed by atoms with E-state index in [0.29, 0.717) is 5.71 Å². The summed E-state index contributed by atoms with van der Waals surface area (Å²) in [4.78, 5) is 0. The molecule has 0 aromatic heterocycles. The van der Waals surface area contributed by atoms with Gasteiger partial charge < -0.3 is 10.5 Å². The first-order valence-electron chi connectivity index (χ1n) is 2.56. The van der Waals surface area contributed by atoms with Crippen molar-refractivity contribution in [2.24, 2.45) is 0 Å². The summed E-state index contributed by atoms with van der Waals surface area (Å²) in [6, 6.07) is 0. The Morgan fingerprint density at radius 3 is 2.38 bits per heavy atom. The first-order chi connectivity index (χ1) is 3.30. The number of hydrogen-bond donors (Lipinski definition) is 2. The van der Waals surface area contributed by atoms with Gasteiger partial charge in [-0.25, -0.2) is 0 Å². The molecule has 0 heterocycles. The highest BCUT2D eigenvalue weighted by atomic mass is 35.5. The van der Waals surface area contributed by atoms with Crippen LogP contribution in [0, 0.1) is 5.41 Å². The zero-order valence-electron chi connectivity index (χ0n) is 4.55. The molecular weight excluding hydrogens is 126 g/mol. The third kappa shape index (κ3) is 1.46. The van der Waals surface area contributed by atoms with Crippen LogP contribution in [0.2, 0.25) is 0 Å². The summed E-state index contributed by atoms with van der Waals surface area (Å²) in [6.45, 7) is 0. The average Bonchev–Trinajstić information content (AvgIpc) is 1.91. The first kappa shape index (κ1) is 7.92. The lowest BCUT2D eigenvalue weighted by molar-refractivity contribution is 0.241. The minimum Gasteiger partial charge on any atom is -0.387 e. The maximum Gasteiger partial charge on any atom is 0.0914 e. The SMILES string of the molecule is Cl.N=C1CCCC1O. The predicted molar refractivity (Wildman–Crippen MR) is 34.8 cm³/mol. The minimum absolute atomic E-state index is 0. The zero-order chi connectivity index (χ0) is 5.28. The van der Waals surface area contributed by atoms with Crippen molar-refractivity contribution in [1.82, 2.24) is 0 Å². The van der Waals surface area contributed by atoms with Crippen LogP contribution in [0.3, 0.4) is 0 Å². The van der Waals surface area contributed by atoms with Gasteiger partial charge in [0.2, 0.25) is 0 Å². The van der Waals surface area contributed by atoms with Crippen LogP contribution in [0.25, 0.3) is 0 Å². The van der Waals surface area contributed by atoms with Crippen LogP contribution < -0.4 is 0 Å². The Morgan fingerprint density at radius 2 is 2.25 bits per heavy atom. The van der Waals surface area contributed by atoms with E-state index in [4.69, 9.17) is 10.5 Å². The van der Waals surface area contributed by atoms with Gasteiger partial charge in [0.25, 0.3) is 0 Å². The second-order valence-electron chi connectivity index (χ2n) is 1.93. The van der Waals surface area contributed by atoms with Gasteiger partial charge >= 0.3 is 0 Å². The second kappa shape index (κ2) is 3.05. The fourth-order valence-electron chi connectivity index (χ4n) is 0.827. The molecule has 2 N–H and O–H groups in total. The average molecular weight is 136 g/mol. The largest absolute Gasteiger partial charge is 0.387 e. The summed E-state index contributed by atoms with van der Waals surface area (Å²) in [7, 11) is 0. The van der Waals surface area contributed by atoms with Crippen molar-refractivity contribution in [3.8, 4) is 0 Å². The lowest BCUT2D eigenvalue weighted by Gasteiger charge is -1.94. The van der Waals surface area contributed by atoms with Crippen molar-refractivity contribution in [2.45, 2.75) is 25.4 Å². The van der Waals surface area contributed by atoms with Gasteiger partial charge in [0.05, 0.1) is 6.10 Å². The van der Waals surface area contributed by atoms with E-state index in [1.165, 1.54) is 0 Å². The molecule has 1 aliphatic carbocycles. The molecule has 0 spiro atoms. The van der Waals surface area contributed by atoms with Crippen molar-refractivity contribution in [3.63, 3.8) is 0 Å². The molecule has 48 valence electrons. The topological polar surface area (TPSA) is 44.1 Å². The molecule has 8 heavy (non-hydrogen) atoms. The molecule has 1 rings (SSSR count). The van der Waals surface area contributed by atoms with Crippen LogP contribution in [0.15, 0.2) is 0 Å². The molecular formula is C5H10ClNO. The van der Waals surface area contributed by atoms with Gasteiger partial charge in [-0.3, -0.25) is 0 Å². The maximum absolute atomic E-state index is 8.77. The number of halogens is 1. The van der Waals surface area contributed by atoms with E-state index < -0.39 is 6.10 Å². The fourth-order valence-corrected chi connectivity index (χ4v) is 0.827. The second-order valence-corrected chi connectivity index (χ2v) is 1.93. The van der Waals surface area contributed by atoms with Crippen LogP contribution in [-0.4, -0.2) is 16.9 Å². The number of aliphatic hydroxyl groups excluding tert-OH is 1. The summed E-state index contributed by atoms with van der Waals surface area (Å²) < 4.78 is 0. The van der Waals surface area contributed by atoms with E-state index in [2.05, 4.69) is 0 Å². The van der Waals surface area contributed by atoms with Gasteiger partial charge in [-0.15, -0.1) is 12.4 Å². The number of rotatable bonds is 0. The first-order valence-corrected chi connectivity index (χ1v) is 2.56. The molecule has 0 radical (unpaired) electrons. The summed E-state index contributed by atoms with van der Waals surface area (Å²) in [6.07, 6.45) is 2.21. The van der Waals surface area contributed by atoms with E-state index in [0.717, 1.165) is 19.3 Å². The number of aliphatic hydroxyl groups is 1.